The second kappa shape index (κ2) is 5.97. The monoisotopic (exact) mass is 225 g/mol. The molecule has 1 N–H and O–H groups in total. The lowest BCUT2D eigenvalue weighted by Crippen LogP contribution is -2.29. The Balaban J connectivity index is 3.02. The van der Waals surface area contributed by atoms with Gasteiger partial charge in [-0.1, -0.05) is 12.1 Å². The zero-order valence-electron chi connectivity index (χ0n) is 9.34. The number of hydrogen-bond acceptors (Lipinski definition) is 3. The van der Waals surface area contributed by atoms with Gasteiger partial charge in [0.25, 0.3) is 0 Å². The van der Waals surface area contributed by atoms with Crippen molar-refractivity contribution in [2.75, 3.05) is 18.3 Å². The first kappa shape index (κ1) is 12.3. The van der Waals surface area contributed by atoms with E-state index in [2.05, 4.69) is 0 Å². The van der Waals surface area contributed by atoms with Crippen LogP contribution in [0.2, 0.25) is 0 Å². The standard InChI is InChI=1S/C11H15NO4/c1-3-15-10-8-6-5-7-9(10)12(11(13)14)16-4-2/h5-8H,3-4H2,1-2H3,(H,13,14). The number of carboxylic acid groups (broad SMARTS) is 1. The molecule has 1 amide bonds. The first-order valence-corrected chi connectivity index (χ1v) is 5.08. The van der Waals surface area contributed by atoms with Crippen molar-refractivity contribution in [2.45, 2.75) is 13.8 Å². The molecule has 1 rings (SSSR count). The number of para-hydroxylation sites is 2. The maximum atomic E-state index is 11.0. The Labute approximate surface area is 94.2 Å². The molecule has 0 aliphatic rings. The van der Waals surface area contributed by atoms with E-state index >= 15 is 0 Å². The Morgan fingerprint density at radius 3 is 2.56 bits per heavy atom. The first-order valence-electron chi connectivity index (χ1n) is 5.08. The number of ether oxygens (including phenoxy) is 1. The summed E-state index contributed by atoms with van der Waals surface area (Å²) in [6.45, 7) is 4.30. The van der Waals surface area contributed by atoms with Gasteiger partial charge < -0.3 is 9.84 Å². The number of carbonyl (C=O) groups is 1. The fraction of sp³-hybridized carbons (Fsp3) is 0.364. The van der Waals surface area contributed by atoms with Crippen molar-refractivity contribution in [2.24, 2.45) is 0 Å². The zero-order chi connectivity index (χ0) is 12.0. The van der Waals surface area contributed by atoms with Crippen molar-refractivity contribution in [1.29, 1.82) is 0 Å². The highest BCUT2D eigenvalue weighted by atomic mass is 16.7. The maximum absolute atomic E-state index is 11.0. The molecule has 0 unspecified atom stereocenters. The number of rotatable bonds is 5. The average Bonchev–Trinajstić information content (AvgIpc) is 2.27. The zero-order valence-corrected chi connectivity index (χ0v) is 9.34. The largest absolute Gasteiger partial charge is 0.492 e. The van der Waals surface area contributed by atoms with Gasteiger partial charge in [0, 0.05) is 0 Å². The van der Waals surface area contributed by atoms with Crippen LogP contribution in [-0.4, -0.2) is 24.4 Å². The van der Waals surface area contributed by atoms with Crippen molar-refractivity contribution < 1.29 is 19.5 Å². The van der Waals surface area contributed by atoms with Crippen LogP contribution in [0.3, 0.4) is 0 Å². The second-order valence-electron chi connectivity index (χ2n) is 2.90. The number of nitrogens with zero attached hydrogens (tertiary/aromatic N) is 1. The number of hydroxylamine groups is 1. The molecule has 5 heteroatoms. The van der Waals surface area contributed by atoms with Crippen LogP contribution in [0.25, 0.3) is 0 Å². The van der Waals surface area contributed by atoms with Gasteiger partial charge in [-0.25, -0.2) is 4.79 Å². The molecule has 0 radical (unpaired) electrons. The van der Waals surface area contributed by atoms with E-state index < -0.39 is 6.09 Å². The second-order valence-corrected chi connectivity index (χ2v) is 2.90. The number of benzene rings is 1. The summed E-state index contributed by atoms with van der Waals surface area (Å²) >= 11 is 0. The van der Waals surface area contributed by atoms with Gasteiger partial charge in [-0.05, 0) is 26.0 Å². The Hall–Kier alpha value is -1.75. The minimum Gasteiger partial charge on any atom is -0.492 e. The predicted octanol–water partition coefficient (Wildman–Crippen LogP) is 2.52. The van der Waals surface area contributed by atoms with Gasteiger partial charge in [0.05, 0.1) is 13.2 Å². The summed E-state index contributed by atoms with van der Waals surface area (Å²) in [6.07, 6.45) is -1.17. The van der Waals surface area contributed by atoms with E-state index in [4.69, 9.17) is 14.7 Å². The lowest BCUT2D eigenvalue weighted by atomic mass is 10.3. The average molecular weight is 225 g/mol. The Kier molecular flexibility index (Phi) is 4.60. The Morgan fingerprint density at radius 2 is 2.00 bits per heavy atom. The van der Waals surface area contributed by atoms with Crippen LogP contribution in [0.4, 0.5) is 10.5 Å². The smallest absolute Gasteiger partial charge is 0.436 e. The van der Waals surface area contributed by atoms with E-state index in [9.17, 15) is 4.79 Å². The van der Waals surface area contributed by atoms with Crippen LogP contribution >= 0.6 is 0 Å². The lowest BCUT2D eigenvalue weighted by molar-refractivity contribution is 0.102. The minimum atomic E-state index is -1.17. The summed E-state index contributed by atoms with van der Waals surface area (Å²) in [5.74, 6) is 0.487. The molecule has 0 spiro atoms. The van der Waals surface area contributed by atoms with E-state index in [-0.39, 0.29) is 6.61 Å². The summed E-state index contributed by atoms with van der Waals surface area (Å²) in [5, 5.41) is 9.81. The molecule has 0 aliphatic heterocycles. The van der Waals surface area contributed by atoms with Gasteiger partial charge in [0.15, 0.2) is 0 Å². The Morgan fingerprint density at radius 1 is 1.31 bits per heavy atom. The topological polar surface area (TPSA) is 59.0 Å². The summed E-state index contributed by atoms with van der Waals surface area (Å²) in [6, 6.07) is 6.84. The number of amides is 1. The molecule has 0 saturated carbocycles. The summed E-state index contributed by atoms with van der Waals surface area (Å²) < 4.78 is 5.33. The molecular weight excluding hydrogens is 210 g/mol. The molecule has 0 atom stereocenters. The lowest BCUT2D eigenvalue weighted by Gasteiger charge is -2.20. The fourth-order valence-electron chi connectivity index (χ4n) is 1.26. The molecule has 0 aliphatic carbocycles. The van der Waals surface area contributed by atoms with Crippen molar-refractivity contribution in [3.05, 3.63) is 24.3 Å². The quantitative estimate of drug-likeness (QED) is 0.782. The molecule has 0 heterocycles. The van der Waals surface area contributed by atoms with Gasteiger partial charge in [-0.2, -0.15) is 0 Å². The normalized spacial score (nSPS) is 9.88. The van der Waals surface area contributed by atoms with E-state index in [1.165, 1.54) is 0 Å². The Bertz CT molecular complexity index is 354. The molecule has 0 fully saturated rings. The minimum absolute atomic E-state index is 0.271. The van der Waals surface area contributed by atoms with Crippen LogP contribution in [0.1, 0.15) is 13.8 Å². The van der Waals surface area contributed by atoms with Crippen LogP contribution in [0.5, 0.6) is 5.75 Å². The van der Waals surface area contributed by atoms with Gasteiger partial charge in [0.1, 0.15) is 11.4 Å². The van der Waals surface area contributed by atoms with Crippen molar-refractivity contribution in [3.8, 4) is 5.75 Å². The van der Waals surface area contributed by atoms with Crippen LogP contribution in [-0.2, 0) is 4.84 Å². The van der Waals surface area contributed by atoms with Crippen molar-refractivity contribution in [1.82, 2.24) is 0 Å². The summed E-state index contributed by atoms with van der Waals surface area (Å²) in [4.78, 5) is 16.0. The third-order valence-corrected chi connectivity index (χ3v) is 1.82. The van der Waals surface area contributed by atoms with Gasteiger partial charge in [0.2, 0.25) is 0 Å². The summed E-state index contributed by atoms with van der Waals surface area (Å²) in [5.41, 5.74) is 0.388. The highest BCUT2D eigenvalue weighted by Crippen LogP contribution is 2.28. The van der Waals surface area contributed by atoms with Gasteiger partial charge in [-0.3, -0.25) is 4.84 Å². The van der Waals surface area contributed by atoms with E-state index in [0.717, 1.165) is 5.06 Å². The highest BCUT2D eigenvalue weighted by Gasteiger charge is 2.18. The fourth-order valence-corrected chi connectivity index (χ4v) is 1.26. The molecule has 1 aromatic rings. The molecule has 1 aromatic carbocycles. The molecule has 0 aromatic heterocycles. The highest BCUT2D eigenvalue weighted by molar-refractivity contribution is 5.85. The molecule has 0 saturated heterocycles. The van der Waals surface area contributed by atoms with Gasteiger partial charge in [-0.15, -0.1) is 5.06 Å². The van der Waals surface area contributed by atoms with Crippen LogP contribution in [0, 0.1) is 0 Å². The SMILES string of the molecule is CCOc1ccccc1N(OCC)C(=O)O. The van der Waals surface area contributed by atoms with Crippen LogP contribution < -0.4 is 9.80 Å². The third-order valence-electron chi connectivity index (χ3n) is 1.82. The van der Waals surface area contributed by atoms with Crippen molar-refractivity contribution in [3.63, 3.8) is 0 Å². The molecule has 88 valence electrons. The number of hydrogen-bond donors (Lipinski definition) is 1. The first-order chi connectivity index (χ1) is 7.70. The summed E-state index contributed by atoms with van der Waals surface area (Å²) in [7, 11) is 0. The van der Waals surface area contributed by atoms with E-state index in [0.29, 0.717) is 18.0 Å². The molecule has 16 heavy (non-hydrogen) atoms. The molecule has 5 nitrogen and oxygen atoms in total. The van der Waals surface area contributed by atoms with E-state index in [1.807, 2.05) is 6.92 Å². The third kappa shape index (κ3) is 2.87. The van der Waals surface area contributed by atoms with Crippen LogP contribution in [0.15, 0.2) is 24.3 Å². The van der Waals surface area contributed by atoms with Gasteiger partial charge >= 0.3 is 6.09 Å². The van der Waals surface area contributed by atoms with Crippen molar-refractivity contribution >= 4 is 11.8 Å². The maximum Gasteiger partial charge on any atom is 0.436 e. The number of anilines is 1. The van der Waals surface area contributed by atoms with E-state index in [1.54, 1.807) is 31.2 Å². The predicted molar refractivity (Wildman–Crippen MR) is 59.7 cm³/mol. The molecule has 0 bridgehead atoms. The molecular formula is C11H15NO4.